The molecule has 3 fully saturated rings. The van der Waals surface area contributed by atoms with E-state index in [0.717, 1.165) is 41.5 Å². The summed E-state index contributed by atoms with van der Waals surface area (Å²) in [5, 5.41) is 4.54. The zero-order valence-corrected chi connectivity index (χ0v) is 19.2. The first kappa shape index (κ1) is 21.6. The minimum atomic E-state index is -0.0990. The first-order valence-electron chi connectivity index (χ1n) is 11.9. The number of fused-ring (bicyclic) bond motifs is 4. The molecule has 5 atom stereocenters. The lowest BCUT2D eigenvalue weighted by Gasteiger charge is -2.51. The number of carbonyl (C=O) groups excluding carboxylic acids is 1. The van der Waals surface area contributed by atoms with Crippen LogP contribution in [0.3, 0.4) is 0 Å². The normalized spacial score (nSPS) is 25.5. The molecule has 6 rings (SSSR count). The first-order chi connectivity index (χ1) is 16.1. The molecule has 3 aliphatic rings. The molecular weight excluding hydrogens is 406 g/mol. The Labute approximate surface area is 196 Å². The van der Waals surface area contributed by atoms with Gasteiger partial charge in [0.1, 0.15) is 0 Å². The third-order valence-corrected chi connectivity index (χ3v) is 7.38. The lowest BCUT2D eigenvalue weighted by atomic mass is 9.73. The van der Waals surface area contributed by atoms with Crippen LogP contribution < -0.4 is 5.32 Å². The Morgan fingerprint density at radius 1 is 1.15 bits per heavy atom. The maximum absolute atomic E-state index is 13.4. The standard InChI is InChI=1S/C29H31N3O/c1-3-22-19-32-16-14-23(22)18-27(32)28(25-13-15-30-26-12-8-7-11-24(25)26)31-29(33)20(2)17-21-9-5-4-6-10-21/h3-13,15,17,22-23,27-28H,1,14,16,18-19H2,2H3,(H,31,33)/b20-17+/t22-,23-,27+,28+/m0/s1. The number of carbonyl (C=O) groups is 1. The van der Waals surface area contributed by atoms with Crippen molar-refractivity contribution in [1.82, 2.24) is 15.2 Å². The Kier molecular flexibility index (Phi) is 6.10. The molecule has 1 N–H and O–H groups in total. The number of hydrogen-bond acceptors (Lipinski definition) is 3. The third kappa shape index (κ3) is 4.36. The molecular formula is C29H31N3O. The van der Waals surface area contributed by atoms with Gasteiger partial charge in [0.15, 0.2) is 0 Å². The van der Waals surface area contributed by atoms with Gasteiger partial charge in [-0.15, -0.1) is 6.58 Å². The van der Waals surface area contributed by atoms with Crippen LogP contribution in [-0.4, -0.2) is 34.9 Å². The van der Waals surface area contributed by atoms with Gasteiger partial charge in [-0.05, 0) is 67.5 Å². The van der Waals surface area contributed by atoms with Crippen molar-refractivity contribution in [3.05, 3.63) is 96.2 Å². The van der Waals surface area contributed by atoms with E-state index in [0.29, 0.717) is 17.4 Å². The fraction of sp³-hybridized carbons (Fsp3) is 0.310. The highest BCUT2D eigenvalue weighted by molar-refractivity contribution is 5.97. The number of amides is 1. The fourth-order valence-electron chi connectivity index (χ4n) is 5.61. The van der Waals surface area contributed by atoms with E-state index in [4.69, 9.17) is 0 Å². The minimum absolute atomic E-state index is 0.0207. The molecule has 0 aliphatic carbocycles. The van der Waals surface area contributed by atoms with Crippen molar-refractivity contribution >= 4 is 22.9 Å². The predicted molar refractivity (Wildman–Crippen MR) is 134 cm³/mol. The second-order valence-electron chi connectivity index (χ2n) is 9.35. The topological polar surface area (TPSA) is 45.2 Å². The summed E-state index contributed by atoms with van der Waals surface area (Å²) in [6, 6.07) is 20.5. The van der Waals surface area contributed by atoms with Gasteiger partial charge in [0.05, 0.1) is 11.6 Å². The highest BCUT2D eigenvalue weighted by atomic mass is 16.1. The molecule has 1 unspecified atom stereocenters. The van der Waals surface area contributed by atoms with E-state index in [2.05, 4.69) is 40.0 Å². The van der Waals surface area contributed by atoms with E-state index in [1.165, 1.54) is 6.42 Å². The van der Waals surface area contributed by atoms with Crippen molar-refractivity contribution in [2.45, 2.75) is 31.8 Å². The van der Waals surface area contributed by atoms with Crippen LogP contribution in [-0.2, 0) is 4.79 Å². The van der Waals surface area contributed by atoms with Gasteiger partial charge in [-0.1, -0.05) is 54.6 Å². The third-order valence-electron chi connectivity index (χ3n) is 7.38. The van der Waals surface area contributed by atoms with Crippen molar-refractivity contribution in [3.8, 4) is 0 Å². The second kappa shape index (κ2) is 9.32. The molecule has 4 heterocycles. The highest BCUT2D eigenvalue weighted by Crippen LogP contribution is 2.42. The summed E-state index contributed by atoms with van der Waals surface area (Å²) in [5.74, 6) is 1.15. The first-order valence-corrected chi connectivity index (χ1v) is 11.9. The monoisotopic (exact) mass is 437 g/mol. The predicted octanol–water partition coefficient (Wildman–Crippen LogP) is 5.39. The number of benzene rings is 2. The Bertz CT molecular complexity index is 1180. The maximum atomic E-state index is 13.4. The summed E-state index contributed by atoms with van der Waals surface area (Å²) in [6.45, 7) is 8.06. The van der Waals surface area contributed by atoms with Gasteiger partial charge in [0.2, 0.25) is 5.91 Å². The summed E-state index contributed by atoms with van der Waals surface area (Å²) in [7, 11) is 0. The number of nitrogens with zero attached hydrogens (tertiary/aromatic N) is 2. The molecule has 2 bridgehead atoms. The molecule has 1 amide bonds. The molecule has 3 saturated heterocycles. The molecule has 3 aromatic rings. The summed E-state index contributed by atoms with van der Waals surface area (Å²) < 4.78 is 0. The fourth-order valence-corrected chi connectivity index (χ4v) is 5.61. The van der Waals surface area contributed by atoms with Gasteiger partial charge >= 0.3 is 0 Å². The number of hydrogen-bond donors (Lipinski definition) is 1. The number of pyridine rings is 1. The van der Waals surface area contributed by atoms with E-state index in [1.54, 1.807) is 0 Å². The number of rotatable bonds is 6. The van der Waals surface area contributed by atoms with Crippen molar-refractivity contribution in [3.63, 3.8) is 0 Å². The van der Waals surface area contributed by atoms with Crippen molar-refractivity contribution in [2.24, 2.45) is 11.8 Å². The average Bonchev–Trinajstić information content (AvgIpc) is 2.87. The molecule has 0 spiro atoms. The van der Waals surface area contributed by atoms with E-state index >= 15 is 0 Å². The van der Waals surface area contributed by atoms with Crippen LogP contribution in [0.2, 0.25) is 0 Å². The number of para-hydroxylation sites is 1. The van der Waals surface area contributed by atoms with Crippen molar-refractivity contribution in [2.75, 3.05) is 13.1 Å². The van der Waals surface area contributed by atoms with Gasteiger partial charge in [-0.25, -0.2) is 0 Å². The number of nitrogens with one attached hydrogen (secondary N) is 1. The summed E-state index contributed by atoms with van der Waals surface area (Å²) in [4.78, 5) is 20.5. The number of aromatic nitrogens is 1. The summed E-state index contributed by atoms with van der Waals surface area (Å²) in [6.07, 6.45) is 8.22. The van der Waals surface area contributed by atoms with Crippen LogP contribution in [0, 0.1) is 11.8 Å². The maximum Gasteiger partial charge on any atom is 0.247 e. The van der Waals surface area contributed by atoms with E-state index in [1.807, 2.05) is 67.7 Å². The van der Waals surface area contributed by atoms with Gasteiger partial charge in [0.25, 0.3) is 0 Å². The summed E-state index contributed by atoms with van der Waals surface area (Å²) in [5.41, 5.74) is 3.86. The molecule has 4 heteroatoms. The largest absolute Gasteiger partial charge is 0.344 e. The Balaban J connectivity index is 1.50. The lowest BCUT2D eigenvalue weighted by Crippen LogP contribution is -2.57. The Morgan fingerprint density at radius 2 is 1.94 bits per heavy atom. The van der Waals surface area contributed by atoms with E-state index < -0.39 is 0 Å². The van der Waals surface area contributed by atoms with Crippen LogP contribution in [0.5, 0.6) is 0 Å². The Morgan fingerprint density at radius 3 is 2.70 bits per heavy atom. The van der Waals surface area contributed by atoms with Crippen LogP contribution >= 0.6 is 0 Å². The van der Waals surface area contributed by atoms with Gasteiger partial charge < -0.3 is 5.32 Å². The summed E-state index contributed by atoms with van der Waals surface area (Å²) >= 11 is 0. The smallest absolute Gasteiger partial charge is 0.247 e. The van der Waals surface area contributed by atoms with Crippen LogP contribution in [0.4, 0.5) is 0 Å². The zero-order chi connectivity index (χ0) is 22.8. The quantitative estimate of drug-likeness (QED) is 0.415. The van der Waals surface area contributed by atoms with Gasteiger partial charge in [0, 0.05) is 29.7 Å². The molecule has 0 radical (unpaired) electrons. The SMILES string of the molecule is C=C[C@H]1CN2CC[C@H]1C[C@@H]2[C@H](NC(=O)/C(C)=C/c1ccccc1)c1ccnc2ccccc12. The van der Waals surface area contributed by atoms with Crippen molar-refractivity contribution < 1.29 is 4.79 Å². The van der Waals surface area contributed by atoms with E-state index in [-0.39, 0.29) is 18.0 Å². The Hall–Kier alpha value is -3.24. The molecule has 33 heavy (non-hydrogen) atoms. The molecule has 1 aromatic heterocycles. The number of piperidine rings is 3. The molecule has 0 saturated carbocycles. The molecule has 3 aliphatic heterocycles. The average molecular weight is 438 g/mol. The van der Waals surface area contributed by atoms with Crippen LogP contribution in [0.1, 0.15) is 36.9 Å². The molecule has 168 valence electrons. The van der Waals surface area contributed by atoms with Crippen LogP contribution in [0.25, 0.3) is 17.0 Å². The molecule has 4 nitrogen and oxygen atoms in total. The molecule has 2 aromatic carbocycles. The van der Waals surface area contributed by atoms with E-state index in [9.17, 15) is 4.79 Å². The lowest BCUT2D eigenvalue weighted by molar-refractivity contribution is -0.119. The second-order valence-corrected chi connectivity index (χ2v) is 9.35. The zero-order valence-electron chi connectivity index (χ0n) is 19.2. The van der Waals surface area contributed by atoms with Gasteiger partial charge in [-0.3, -0.25) is 14.7 Å². The van der Waals surface area contributed by atoms with Crippen molar-refractivity contribution in [1.29, 1.82) is 0 Å². The van der Waals surface area contributed by atoms with Crippen LogP contribution in [0.15, 0.2) is 85.1 Å². The minimum Gasteiger partial charge on any atom is -0.344 e. The van der Waals surface area contributed by atoms with Gasteiger partial charge in [-0.2, -0.15) is 0 Å². The highest BCUT2D eigenvalue weighted by Gasteiger charge is 2.43.